The van der Waals surface area contributed by atoms with E-state index in [2.05, 4.69) is 55.4 Å². The van der Waals surface area contributed by atoms with Crippen molar-refractivity contribution in [3.63, 3.8) is 0 Å². The third-order valence-electron chi connectivity index (χ3n) is 15.6. The minimum atomic E-state index is -4.95. The van der Waals surface area contributed by atoms with Gasteiger partial charge < -0.3 is 33.8 Å². The molecule has 0 amide bonds. The van der Waals surface area contributed by atoms with Crippen LogP contribution in [0.3, 0.4) is 0 Å². The highest BCUT2D eigenvalue weighted by Crippen LogP contribution is 2.45. The number of ether oxygens (including phenoxy) is 4. The van der Waals surface area contributed by atoms with E-state index >= 15 is 0 Å². The standard InChI is InChI=1S/C68H132O17P2/c1-58(2)44-36-28-20-14-10-9-11-16-24-34-42-50-67(72)84-63(54-78-65(70)48-40-32-23-19-18-22-30-38-46-60(5)6)56-82-86(74,75)80-52-62(69)53-81-87(76,77)83-57-64(55-79-66(71)49-41-33-27-26-31-39-47-61(7)8)85-68(73)51-43-35-25-17-13-12-15-21-29-37-45-59(3)4/h58-64,69H,9-57H2,1-8H3,(H,74,75)(H,76,77)/t62-,63-,64-/m1/s1. The molecule has 0 saturated carbocycles. The SMILES string of the molecule is CC(C)CCCCCCCCCCCCCC(=O)O[C@H](COC(=O)CCCCCCCCCCC(C)C)COP(=O)(O)OC[C@@H](O)COP(=O)(O)OC[C@@H](COC(=O)CCCCCCCCC(C)C)OC(=O)CCCCCCCCCCCCC(C)C. The fraction of sp³-hybridized carbons (Fsp3) is 0.941. The third kappa shape index (κ3) is 62.6. The van der Waals surface area contributed by atoms with Crippen LogP contribution >= 0.6 is 15.6 Å². The summed E-state index contributed by atoms with van der Waals surface area (Å²) in [6.45, 7) is 14.0. The van der Waals surface area contributed by atoms with Gasteiger partial charge in [-0.25, -0.2) is 9.13 Å². The van der Waals surface area contributed by atoms with Gasteiger partial charge in [0.05, 0.1) is 26.4 Å². The van der Waals surface area contributed by atoms with E-state index in [1.54, 1.807) is 0 Å². The summed E-state index contributed by atoms with van der Waals surface area (Å²) in [5, 5.41) is 10.6. The number of rotatable bonds is 65. The van der Waals surface area contributed by atoms with Gasteiger partial charge in [-0.2, -0.15) is 0 Å². The molecule has 0 saturated heterocycles. The minimum absolute atomic E-state index is 0.104. The Kier molecular flexibility index (Phi) is 56.6. The molecule has 0 aromatic heterocycles. The third-order valence-corrected chi connectivity index (χ3v) is 17.5. The number of carbonyl (C=O) groups is 4. The smallest absolute Gasteiger partial charge is 0.462 e. The summed E-state index contributed by atoms with van der Waals surface area (Å²) >= 11 is 0. The molecule has 0 aliphatic rings. The van der Waals surface area contributed by atoms with E-state index in [4.69, 9.17) is 37.0 Å². The van der Waals surface area contributed by atoms with E-state index < -0.39 is 97.5 Å². The van der Waals surface area contributed by atoms with E-state index in [-0.39, 0.29) is 25.7 Å². The number of esters is 4. The molecule has 0 aliphatic heterocycles. The molecule has 0 radical (unpaired) electrons. The summed E-state index contributed by atoms with van der Waals surface area (Å²) in [6, 6.07) is 0. The first kappa shape index (κ1) is 85.1. The van der Waals surface area contributed by atoms with Gasteiger partial charge in [-0.1, -0.05) is 280 Å². The van der Waals surface area contributed by atoms with Crippen molar-refractivity contribution < 1.29 is 80.2 Å². The molecule has 3 N–H and O–H groups in total. The van der Waals surface area contributed by atoms with Crippen LogP contribution < -0.4 is 0 Å². The number of hydrogen-bond donors (Lipinski definition) is 3. The highest BCUT2D eigenvalue weighted by atomic mass is 31.2. The Morgan fingerprint density at radius 2 is 0.483 bits per heavy atom. The molecule has 516 valence electrons. The highest BCUT2D eigenvalue weighted by molar-refractivity contribution is 7.47. The molecule has 0 aliphatic carbocycles. The average molecular weight is 1280 g/mol. The van der Waals surface area contributed by atoms with Crippen molar-refractivity contribution in [2.75, 3.05) is 39.6 Å². The van der Waals surface area contributed by atoms with Crippen LogP contribution in [0.5, 0.6) is 0 Å². The molecule has 5 atom stereocenters. The van der Waals surface area contributed by atoms with Crippen LogP contribution in [0, 0.1) is 23.7 Å². The second kappa shape index (κ2) is 57.9. The second-order valence-corrected chi connectivity index (χ2v) is 29.4. The van der Waals surface area contributed by atoms with Crippen LogP contribution in [-0.4, -0.2) is 96.7 Å². The first-order valence-corrected chi connectivity index (χ1v) is 38.2. The number of phosphoric acid groups is 2. The summed E-state index contributed by atoms with van der Waals surface area (Å²) in [6.07, 6.45) is 39.1. The largest absolute Gasteiger partial charge is 0.472 e. The molecule has 0 aromatic rings. The summed E-state index contributed by atoms with van der Waals surface area (Å²) in [5.74, 6) is 0.789. The highest BCUT2D eigenvalue weighted by Gasteiger charge is 2.30. The van der Waals surface area contributed by atoms with Crippen molar-refractivity contribution in [3.8, 4) is 0 Å². The molecular formula is C68H132O17P2. The summed E-state index contributed by atoms with van der Waals surface area (Å²) in [4.78, 5) is 72.4. The first-order valence-electron chi connectivity index (χ1n) is 35.2. The number of aliphatic hydroxyl groups is 1. The zero-order valence-corrected chi connectivity index (χ0v) is 58.4. The number of aliphatic hydroxyl groups excluding tert-OH is 1. The van der Waals surface area contributed by atoms with Gasteiger partial charge in [0, 0.05) is 25.7 Å². The van der Waals surface area contributed by atoms with Gasteiger partial charge >= 0.3 is 39.5 Å². The summed E-state index contributed by atoms with van der Waals surface area (Å²) in [7, 11) is -9.90. The van der Waals surface area contributed by atoms with Crippen molar-refractivity contribution >= 4 is 39.5 Å². The van der Waals surface area contributed by atoms with Crippen LogP contribution in [0.25, 0.3) is 0 Å². The molecule has 0 bridgehead atoms. The molecule has 17 nitrogen and oxygen atoms in total. The Bertz CT molecular complexity index is 1730. The first-order chi connectivity index (χ1) is 41.6. The zero-order valence-electron chi connectivity index (χ0n) is 56.6. The molecule has 19 heteroatoms. The van der Waals surface area contributed by atoms with Gasteiger partial charge in [-0.05, 0) is 49.4 Å². The molecular weight excluding hydrogens is 1150 g/mol. The van der Waals surface area contributed by atoms with Crippen LogP contribution in [-0.2, 0) is 65.4 Å². The Morgan fingerprint density at radius 3 is 0.713 bits per heavy atom. The van der Waals surface area contributed by atoms with Crippen molar-refractivity contribution in [2.24, 2.45) is 23.7 Å². The van der Waals surface area contributed by atoms with E-state index in [1.807, 2.05) is 0 Å². The number of hydrogen-bond acceptors (Lipinski definition) is 15. The van der Waals surface area contributed by atoms with Crippen molar-refractivity contribution in [3.05, 3.63) is 0 Å². The maximum atomic E-state index is 13.0. The Morgan fingerprint density at radius 1 is 0.287 bits per heavy atom. The lowest BCUT2D eigenvalue weighted by Crippen LogP contribution is -2.30. The van der Waals surface area contributed by atoms with Gasteiger partial charge in [0.15, 0.2) is 12.2 Å². The molecule has 0 fully saturated rings. The van der Waals surface area contributed by atoms with E-state index in [0.717, 1.165) is 114 Å². The molecule has 0 spiro atoms. The van der Waals surface area contributed by atoms with E-state index in [0.29, 0.717) is 31.6 Å². The van der Waals surface area contributed by atoms with Gasteiger partial charge in [0.25, 0.3) is 0 Å². The van der Waals surface area contributed by atoms with Crippen LogP contribution in [0.2, 0.25) is 0 Å². The van der Waals surface area contributed by atoms with Crippen molar-refractivity contribution in [1.82, 2.24) is 0 Å². The quantitative estimate of drug-likeness (QED) is 0.0222. The predicted octanol–water partition coefficient (Wildman–Crippen LogP) is 18.9. The molecule has 0 aromatic carbocycles. The average Bonchev–Trinajstić information content (AvgIpc) is 3.66. The number of unbranched alkanes of at least 4 members (excludes halogenated alkanes) is 31. The predicted molar refractivity (Wildman–Crippen MR) is 349 cm³/mol. The molecule has 87 heavy (non-hydrogen) atoms. The molecule has 0 heterocycles. The molecule has 2 unspecified atom stereocenters. The summed E-state index contributed by atoms with van der Waals surface area (Å²) in [5.41, 5.74) is 0. The topological polar surface area (TPSA) is 237 Å². The number of carbonyl (C=O) groups excluding carboxylic acids is 4. The van der Waals surface area contributed by atoms with Crippen LogP contribution in [0.4, 0.5) is 0 Å². The minimum Gasteiger partial charge on any atom is -0.462 e. The fourth-order valence-electron chi connectivity index (χ4n) is 10.1. The Hall–Kier alpha value is -1.94. The number of phosphoric ester groups is 2. The maximum Gasteiger partial charge on any atom is 0.472 e. The van der Waals surface area contributed by atoms with E-state index in [9.17, 15) is 43.2 Å². The molecule has 0 rings (SSSR count). The van der Waals surface area contributed by atoms with E-state index in [1.165, 1.54) is 128 Å². The van der Waals surface area contributed by atoms with Gasteiger partial charge in [-0.15, -0.1) is 0 Å². The maximum absolute atomic E-state index is 13.0. The monoisotopic (exact) mass is 1280 g/mol. The lowest BCUT2D eigenvalue weighted by Gasteiger charge is -2.21. The van der Waals surface area contributed by atoms with Gasteiger partial charge in [-0.3, -0.25) is 37.3 Å². The van der Waals surface area contributed by atoms with Gasteiger partial charge in [0.2, 0.25) is 0 Å². The second-order valence-electron chi connectivity index (χ2n) is 26.5. The Labute approximate surface area is 530 Å². The van der Waals surface area contributed by atoms with Gasteiger partial charge in [0.1, 0.15) is 19.3 Å². The Balaban J connectivity index is 5.25. The van der Waals surface area contributed by atoms with Crippen molar-refractivity contribution in [1.29, 1.82) is 0 Å². The zero-order chi connectivity index (χ0) is 64.7. The lowest BCUT2D eigenvalue weighted by molar-refractivity contribution is -0.161. The van der Waals surface area contributed by atoms with Crippen molar-refractivity contribution in [2.45, 2.75) is 350 Å². The summed E-state index contributed by atoms with van der Waals surface area (Å²) < 4.78 is 68.2. The van der Waals surface area contributed by atoms with Crippen LogP contribution in [0.1, 0.15) is 331 Å². The lowest BCUT2D eigenvalue weighted by atomic mass is 10.0. The fourth-order valence-corrected chi connectivity index (χ4v) is 11.7. The normalized spacial score (nSPS) is 14.3. The van der Waals surface area contributed by atoms with Crippen LogP contribution in [0.15, 0.2) is 0 Å².